The summed E-state index contributed by atoms with van der Waals surface area (Å²) in [7, 11) is 0. The van der Waals surface area contributed by atoms with Crippen molar-refractivity contribution < 1.29 is 14.3 Å². The molecule has 0 saturated heterocycles. The fraction of sp³-hybridized carbons (Fsp3) is 0.167. The number of nitrogens with one attached hydrogen (secondary N) is 3. The average Bonchev–Trinajstić information content (AvgIpc) is 3.12. The summed E-state index contributed by atoms with van der Waals surface area (Å²) in [5.74, 6) is 1.23. The summed E-state index contributed by atoms with van der Waals surface area (Å²) < 4.78 is 11.0. The Morgan fingerprint density at radius 1 is 1.00 bits per heavy atom. The molecule has 8 heteroatoms. The first-order valence-corrected chi connectivity index (χ1v) is 8.14. The number of H-pyrrole nitrogens is 1. The second kappa shape index (κ2) is 6.75. The van der Waals surface area contributed by atoms with Crippen LogP contribution in [0.25, 0.3) is 0 Å². The minimum atomic E-state index is -0.384. The first-order chi connectivity index (χ1) is 12.7. The predicted molar refractivity (Wildman–Crippen MR) is 96.2 cm³/mol. The highest BCUT2D eigenvalue weighted by atomic mass is 16.6. The van der Waals surface area contributed by atoms with Crippen LogP contribution in [0, 0.1) is 6.92 Å². The first-order valence-electron chi connectivity index (χ1n) is 8.14. The molecule has 1 aliphatic rings. The SMILES string of the molecule is Cc1ccc(Nc2n[nH]nc2C(=O)Nc2ccc3c(c2)OCCO3)cc1. The van der Waals surface area contributed by atoms with Gasteiger partial charge in [-0.3, -0.25) is 4.79 Å². The number of hydrogen-bond donors (Lipinski definition) is 3. The molecular weight excluding hydrogens is 334 g/mol. The van der Waals surface area contributed by atoms with Crippen LogP contribution in [0.1, 0.15) is 16.1 Å². The number of aromatic nitrogens is 3. The molecule has 2 heterocycles. The number of benzene rings is 2. The molecule has 3 N–H and O–H groups in total. The summed E-state index contributed by atoms with van der Waals surface area (Å²) in [5, 5.41) is 16.3. The van der Waals surface area contributed by atoms with E-state index in [4.69, 9.17) is 9.47 Å². The zero-order valence-corrected chi connectivity index (χ0v) is 14.1. The Kier molecular flexibility index (Phi) is 4.14. The van der Waals surface area contributed by atoms with Gasteiger partial charge in [0.2, 0.25) is 0 Å². The molecule has 1 amide bonds. The Hall–Kier alpha value is -3.55. The molecule has 1 aromatic heterocycles. The molecule has 132 valence electrons. The Morgan fingerprint density at radius 3 is 2.54 bits per heavy atom. The number of ether oxygens (including phenoxy) is 2. The number of aryl methyl sites for hydroxylation is 1. The number of carbonyl (C=O) groups excluding carboxylic acids is 1. The van der Waals surface area contributed by atoms with Crippen LogP contribution in [0.15, 0.2) is 42.5 Å². The van der Waals surface area contributed by atoms with E-state index in [2.05, 4.69) is 26.0 Å². The van der Waals surface area contributed by atoms with Gasteiger partial charge in [0.15, 0.2) is 23.0 Å². The van der Waals surface area contributed by atoms with Crippen molar-refractivity contribution in [2.24, 2.45) is 0 Å². The van der Waals surface area contributed by atoms with Crippen LogP contribution in [0.5, 0.6) is 11.5 Å². The molecular formula is C18H17N5O3. The maximum Gasteiger partial charge on any atom is 0.280 e. The zero-order valence-electron chi connectivity index (χ0n) is 14.1. The van der Waals surface area contributed by atoms with Gasteiger partial charge < -0.3 is 20.1 Å². The standard InChI is InChI=1S/C18H17N5O3/c1-11-2-4-12(5-3-11)19-17-16(21-23-22-17)18(24)20-13-6-7-14-15(10-13)26-9-8-25-14/h2-7,10H,8-9H2,1H3,(H,20,24)(H2,19,21,22,23). The molecule has 3 aromatic rings. The summed E-state index contributed by atoms with van der Waals surface area (Å²) in [5.41, 5.74) is 2.72. The molecule has 8 nitrogen and oxygen atoms in total. The van der Waals surface area contributed by atoms with Gasteiger partial charge in [-0.15, -0.1) is 10.2 Å². The Balaban J connectivity index is 1.50. The van der Waals surface area contributed by atoms with E-state index in [-0.39, 0.29) is 11.6 Å². The number of fused-ring (bicyclic) bond motifs is 1. The van der Waals surface area contributed by atoms with E-state index in [1.165, 1.54) is 0 Å². The van der Waals surface area contributed by atoms with Crippen LogP contribution < -0.4 is 20.1 Å². The van der Waals surface area contributed by atoms with Crippen LogP contribution in [0.3, 0.4) is 0 Å². The third kappa shape index (κ3) is 3.30. The normalized spacial score (nSPS) is 12.5. The van der Waals surface area contributed by atoms with Gasteiger partial charge in [0, 0.05) is 17.4 Å². The minimum Gasteiger partial charge on any atom is -0.486 e. The number of anilines is 3. The summed E-state index contributed by atoms with van der Waals surface area (Å²) in [6.45, 7) is 3.01. The maximum atomic E-state index is 12.6. The minimum absolute atomic E-state index is 0.167. The van der Waals surface area contributed by atoms with E-state index in [9.17, 15) is 4.79 Å². The van der Waals surface area contributed by atoms with Crippen molar-refractivity contribution in [1.82, 2.24) is 15.4 Å². The molecule has 2 aromatic carbocycles. The number of carbonyl (C=O) groups is 1. The number of aromatic amines is 1. The molecule has 0 aliphatic carbocycles. The van der Waals surface area contributed by atoms with E-state index in [1.807, 2.05) is 31.2 Å². The average molecular weight is 351 g/mol. The molecule has 0 unspecified atom stereocenters. The van der Waals surface area contributed by atoms with Gasteiger partial charge in [-0.2, -0.15) is 5.21 Å². The van der Waals surface area contributed by atoms with Crippen molar-refractivity contribution in [2.75, 3.05) is 23.8 Å². The van der Waals surface area contributed by atoms with Crippen molar-refractivity contribution in [2.45, 2.75) is 6.92 Å². The summed E-state index contributed by atoms with van der Waals surface area (Å²) in [6, 6.07) is 13.0. The zero-order chi connectivity index (χ0) is 17.9. The maximum absolute atomic E-state index is 12.6. The van der Waals surface area contributed by atoms with Crippen molar-refractivity contribution in [1.29, 1.82) is 0 Å². The third-order valence-electron chi connectivity index (χ3n) is 3.88. The number of rotatable bonds is 4. The first kappa shape index (κ1) is 15.9. The molecule has 0 fully saturated rings. The quantitative estimate of drug-likeness (QED) is 0.668. The molecule has 0 atom stereocenters. The van der Waals surface area contributed by atoms with Gasteiger partial charge in [-0.05, 0) is 31.2 Å². The summed E-state index contributed by atoms with van der Waals surface area (Å²) in [6.07, 6.45) is 0. The summed E-state index contributed by atoms with van der Waals surface area (Å²) >= 11 is 0. The third-order valence-corrected chi connectivity index (χ3v) is 3.88. The van der Waals surface area contributed by atoms with Crippen LogP contribution in [0.4, 0.5) is 17.2 Å². The lowest BCUT2D eigenvalue weighted by Crippen LogP contribution is -2.17. The summed E-state index contributed by atoms with van der Waals surface area (Å²) in [4.78, 5) is 12.6. The second-order valence-corrected chi connectivity index (χ2v) is 5.82. The van der Waals surface area contributed by atoms with Crippen LogP contribution >= 0.6 is 0 Å². The highest BCUT2D eigenvalue weighted by molar-refractivity contribution is 6.06. The smallest absolute Gasteiger partial charge is 0.280 e. The Morgan fingerprint density at radius 2 is 1.73 bits per heavy atom. The van der Waals surface area contributed by atoms with Crippen LogP contribution in [-0.2, 0) is 0 Å². The largest absolute Gasteiger partial charge is 0.486 e. The van der Waals surface area contributed by atoms with Crippen LogP contribution in [-0.4, -0.2) is 34.5 Å². The van der Waals surface area contributed by atoms with E-state index >= 15 is 0 Å². The van der Waals surface area contributed by atoms with Gasteiger partial charge >= 0.3 is 0 Å². The van der Waals surface area contributed by atoms with Crippen LogP contribution in [0.2, 0.25) is 0 Å². The van der Waals surface area contributed by atoms with Gasteiger partial charge in [-0.1, -0.05) is 17.7 Å². The van der Waals surface area contributed by atoms with Gasteiger partial charge in [0.1, 0.15) is 13.2 Å². The van der Waals surface area contributed by atoms with Gasteiger partial charge in [-0.25, -0.2) is 0 Å². The van der Waals surface area contributed by atoms with Crippen molar-refractivity contribution in [3.8, 4) is 11.5 Å². The predicted octanol–water partition coefficient (Wildman–Crippen LogP) is 2.88. The van der Waals surface area contributed by atoms with Gasteiger partial charge in [0.05, 0.1) is 0 Å². The van der Waals surface area contributed by atoms with Gasteiger partial charge in [0.25, 0.3) is 5.91 Å². The monoisotopic (exact) mass is 351 g/mol. The van der Waals surface area contributed by atoms with E-state index < -0.39 is 0 Å². The highest BCUT2D eigenvalue weighted by Gasteiger charge is 2.18. The topological polar surface area (TPSA) is 101 Å². The number of hydrogen-bond acceptors (Lipinski definition) is 6. The van der Waals surface area contributed by atoms with Crippen molar-refractivity contribution >= 4 is 23.1 Å². The lowest BCUT2D eigenvalue weighted by Gasteiger charge is -2.18. The highest BCUT2D eigenvalue weighted by Crippen LogP contribution is 2.32. The molecule has 1 aliphatic heterocycles. The molecule has 0 saturated carbocycles. The lowest BCUT2D eigenvalue weighted by molar-refractivity contribution is 0.102. The molecule has 26 heavy (non-hydrogen) atoms. The fourth-order valence-electron chi connectivity index (χ4n) is 2.56. The van der Waals surface area contributed by atoms with Crippen molar-refractivity contribution in [3.05, 3.63) is 53.7 Å². The van der Waals surface area contributed by atoms with E-state index in [0.29, 0.717) is 36.2 Å². The van der Waals surface area contributed by atoms with E-state index in [0.717, 1.165) is 11.3 Å². The molecule has 0 spiro atoms. The molecule has 0 bridgehead atoms. The number of nitrogens with zero attached hydrogens (tertiary/aromatic N) is 2. The molecule has 0 radical (unpaired) electrons. The lowest BCUT2D eigenvalue weighted by atomic mass is 10.2. The molecule has 4 rings (SSSR count). The fourth-order valence-corrected chi connectivity index (χ4v) is 2.56. The Bertz CT molecular complexity index is 936. The second-order valence-electron chi connectivity index (χ2n) is 5.82. The Labute approximate surface area is 149 Å². The van der Waals surface area contributed by atoms with Crippen molar-refractivity contribution in [3.63, 3.8) is 0 Å². The van der Waals surface area contributed by atoms with E-state index in [1.54, 1.807) is 18.2 Å². The number of amides is 1.